The summed E-state index contributed by atoms with van der Waals surface area (Å²) < 4.78 is 26.4. The van der Waals surface area contributed by atoms with Crippen LogP contribution in [0.4, 0.5) is 0 Å². The molecule has 266 valence electrons. The van der Waals surface area contributed by atoms with Gasteiger partial charge in [-0.2, -0.15) is 0 Å². The number of nitrogens with zero attached hydrogens (tertiary/aromatic N) is 1. The Morgan fingerprint density at radius 3 is 2.00 bits per heavy atom. The highest BCUT2D eigenvalue weighted by atomic mass is 16.8. The van der Waals surface area contributed by atoms with E-state index < -0.39 is 79.0 Å². The summed E-state index contributed by atoms with van der Waals surface area (Å²) in [7, 11) is 0. The zero-order chi connectivity index (χ0) is 36.5. The van der Waals surface area contributed by atoms with Gasteiger partial charge in [0.05, 0.1) is 12.0 Å². The molecule has 1 saturated heterocycles. The molecule has 13 heteroatoms. The molecule has 0 aliphatic carbocycles. The van der Waals surface area contributed by atoms with Gasteiger partial charge in [0.15, 0.2) is 6.10 Å². The number of carboxylic acid groups (broad SMARTS) is 2. The number of rotatable bonds is 15. The number of amides is 1. The second-order valence-corrected chi connectivity index (χ2v) is 12.8. The van der Waals surface area contributed by atoms with Crippen molar-refractivity contribution >= 4 is 29.8 Å². The van der Waals surface area contributed by atoms with Crippen molar-refractivity contribution in [1.29, 1.82) is 0 Å². The molecular formula is C37H41NO12. The minimum absolute atomic E-state index is 0.414. The van der Waals surface area contributed by atoms with E-state index in [1.807, 2.05) is 72.8 Å². The number of para-hydroxylation sites is 1. The fourth-order valence-corrected chi connectivity index (χ4v) is 5.33. The van der Waals surface area contributed by atoms with Crippen LogP contribution in [0.3, 0.4) is 0 Å². The number of hydrogen-bond donors (Lipinski definition) is 2. The molecule has 1 amide bonds. The van der Waals surface area contributed by atoms with E-state index in [1.165, 1.54) is 0 Å². The van der Waals surface area contributed by atoms with Crippen molar-refractivity contribution in [2.45, 2.75) is 64.4 Å². The lowest BCUT2D eigenvalue weighted by molar-refractivity contribution is -0.218. The Balaban J connectivity index is 1.63. The van der Waals surface area contributed by atoms with Crippen LogP contribution in [0.1, 0.15) is 51.2 Å². The van der Waals surface area contributed by atoms with Gasteiger partial charge >= 0.3 is 29.7 Å². The first-order valence-electron chi connectivity index (χ1n) is 16.0. The van der Waals surface area contributed by atoms with E-state index in [2.05, 4.69) is 0 Å². The van der Waals surface area contributed by atoms with Crippen molar-refractivity contribution in [3.05, 3.63) is 96.1 Å². The highest BCUT2D eigenvalue weighted by molar-refractivity contribution is 6.01. The summed E-state index contributed by atoms with van der Waals surface area (Å²) >= 11 is 0. The molecule has 13 nitrogen and oxygen atoms in total. The number of aliphatic carboxylic acids is 2. The minimum Gasteiger partial charge on any atom is -0.477 e. The Bertz CT molecular complexity index is 1620. The highest BCUT2D eigenvalue weighted by Gasteiger charge is 2.58. The van der Waals surface area contributed by atoms with Crippen molar-refractivity contribution in [3.8, 4) is 11.5 Å². The fraction of sp³-hybridized carbons (Fsp3) is 0.378. The third-order valence-electron chi connectivity index (χ3n) is 8.14. The van der Waals surface area contributed by atoms with Crippen LogP contribution in [0.15, 0.2) is 84.9 Å². The van der Waals surface area contributed by atoms with Gasteiger partial charge < -0.3 is 38.8 Å². The lowest BCUT2D eigenvalue weighted by atomic mass is 9.85. The second-order valence-electron chi connectivity index (χ2n) is 12.8. The first-order chi connectivity index (χ1) is 23.7. The monoisotopic (exact) mass is 691 g/mol. The normalized spacial score (nSPS) is 16.4. The largest absolute Gasteiger partial charge is 0.477 e. The summed E-state index contributed by atoms with van der Waals surface area (Å²) in [5.41, 5.74) is 0.983. The van der Waals surface area contributed by atoms with Gasteiger partial charge in [-0.25, -0.2) is 9.59 Å². The summed E-state index contributed by atoms with van der Waals surface area (Å²) in [6.45, 7) is 4.56. The Labute approximate surface area is 289 Å². The minimum atomic E-state index is -3.10. The molecule has 50 heavy (non-hydrogen) atoms. The lowest BCUT2D eigenvalue weighted by Crippen LogP contribution is -2.52. The van der Waals surface area contributed by atoms with Crippen LogP contribution in [0, 0.1) is 5.41 Å². The van der Waals surface area contributed by atoms with Crippen molar-refractivity contribution < 1.29 is 57.9 Å². The van der Waals surface area contributed by atoms with Crippen molar-refractivity contribution in [1.82, 2.24) is 4.90 Å². The Kier molecular flexibility index (Phi) is 12.3. The molecule has 4 rings (SSSR count). The summed E-state index contributed by atoms with van der Waals surface area (Å²) in [6, 6.07) is 25.4. The third kappa shape index (κ3) is 9.45. The van der Waals surface area contributed by atoms with Crippen molar-refractivity contribution in [2.75, 3.05) is 19.9 Å². The number of carboxylic acids is 2. The summed E-state index contributed by atoms with van der Waals surface area (Å²) in [4.78, 5) is 64.2. The summed E-state index contributed by atoms with van der Waals surface area (Å²) in [6.07, 6.45) is -0.576. The zero-order valence-corrected chi connectivity index (χ0v) is 28.3. The van der Waals surface area contributed by atoms with E-state index in [0.717, 1.165) is 16.0 Å². The fourth-order valence-electron chi connectivity index (χ4n) is 5.33. The van der Waals surface area contributed by atoms with Gasteiger partial charge in [-0.15, -0.1) is 0 Å². The molecule has 1 fully saturated rings. The molecule has 0 unspecified atom stereocenters. The predicted octanol–water partition coefficient (Wildman–Crippen LogP) is 4.78. The first-order valence-corrected chi connectivity index (χ1v) is 16.0. The Morgan fingerprint density at radius 1 is 0.860 bits per heavy atom. The Morgan fingerprint density at radius 2 is 1.44 bits per heavy atom. The van der Waals surface area contributed by atoms with E-state index in [-0.39, 0.29) is 0 Å². The molecule has 1 aliphatic heterocycles. The summed E-state index contributed by atoms with van der Waals surface area (Å²) in [5, 5.41) is 19.2. The number of benzene rings is 3. The van der Waals surface area contributed by atoms with Gasteiger partial charge in [0.1, 0.15) is 18.0 Å². The average Bonchev–Trinajstić information content (AvgIpc) is 3.56. The van der Waals surface area contributed by atoms with E-state index >= 15 is 0 Å². The van der Waals surface area contributed by atoms with Gasteiger partial charge in [-0.05, 0) is 75.9 Å². The number of esters is 2. The molecule has 3 aromatic rings. The highest BCUT2D eigenvalue weighted by Crippen LogP contribution is 2.33. The molecule has 3 aromatic carbocycles. The van der Waals surface area contributed by atoms with Crippen LogP contribution < -0.4 is 4.74 Å². The SMILES string of the molecule is C[C@H]([C@H](CCc1ccccc1)c1ccc(Oc2ccccc2)cc1)N(CC(=O)OCOC(=O)C(C)(C)C)C(=O)[C@@H]1COC(C(=O)O)(C(=O)O)O1. The van der Waals surface area contributed by atoms with E-state index in [4.69, 9.17) is 23.7 Å². The van der Waals surface area contributed by atoms with Gasteiger partial charge in [-0.1, -0.05) is 60.7 Å². The predicted molar refractivity (Wildman–Crippen MR) is 177 cm³/mol. The molecule has 1 heterocycles. The first kappa shape index (κ1) is 37.5. The van der Waals surface area contributed by atoms with Crippen LogP contribution >= 0.6 is 0 Å². The standard InChI is InChI=1S/C37H41NO12/c1-24(29(20-15-25-11-7-5-8-12-25)26-16-18-28(19-17-26)49-27-13-9-6-10-14-27)38(21-31(39)46-23-47-35(45)36(2,3)4)32(40)30-22-48-37(50-30,33(41)42)34(43)44/h5-14,16-19,24,29-30H,15,20-23H2,1-4H3,(H,41,42)(H,43,44)/t24-,29+,30+/m1/s1. The molecule has 0 radical (unpaired) electrons. The molecular weight excluding hydrogens is 650 g/mol. The van der Waals surface area contributed by atoms with Gasteiger partial charge in [-0.3, -0.25) is 14.4 Å². The molecule has 0 saturated carbocycles. The van der Waals surface area contributed by atoms with Gasteiger partial charge in [0.2, 0.25) is 6.79 Å². The van der Waals surface area contributed by atoms with Crippen LogP contribution in [0.25, 0.3) is 0 Å². The van der Waals surface area contributed by atoms with E-state index in [9.17, 15) is 34.2 Å². The topological polar surface area (TPSA) is 175 Å². The van der Waals surface area contributed by atoms with Gasteiger partial charge in [0.25, 0.3) is 5.91 Å². The van der Waals surface area contributed by atoms with E-state index in [1.54, 1.807) is 39.8 Å². The number of carbonyl (C=O) groups excluding carboxylic acids is 3. The number of carbonyl (C=O) groups is 5. The van der Waals surface area contributed by atoms with Crippen LogP contribution in [0.2, 0.25) is 0 Å². The van der Waals surface area contributed by atoms with Gasteiger partial charge in [0, 0.05) is 12.0 Å². The maximum Gasteiger partial charge on any atom is 0.377 e. The zero-order valence-electron chi connectivity index (χ0n) is 28.3. The van der Waals surface area contributed by atoms with Crippen molar-refractivity contribution in [3.63, 3.8) is 0 Å². The summed E-state index contributed by atoms with van der Waals surface area (Å²) in [5.74, 6) is -8.61. The Hall–Kier alpha value is -5.27. The van der Waals surface area contributed by atoms with E-state index in [0.29, 0.717) is 24.3 Å². The number of aryl methyl sites for hydroxylation is 1. The smallest absolute Gasteiger partial charge is 0.377 e. The molecule has 2 N–H and O–H groups in total. The van der Waals surface area contributed by atoms with Crippen LogP contribution in [-0.2, 0) is 49.3 Å². The second kappa shape index (κ2) is 16.4. The van der Waals surface area contributed by atoms with Crippen LogP contribution in [0.5, 0.6) is 11.5 Å². The molecule has 0 bridgehead atoms. The maximum atomic E-state index is 14.1. The average molecular weight is 692 g/mol. The van der Waals surface area contributed by atoms with Crippen molar-refractivity contribution in [2.24, 2.45) is 5.41 Å². The third-order valence-corrected chi connectivity index (χ3v) is 8.14. The quantitative estimate of drug-likeness (QED) is 0.127. The molecule has 0 aromatic heterocycles. The number of hydrogen-bond acceptors (Lipinski definition) is 10. The number of ether oxygens (including phenoxy) is 5. The van der Waals surface area contributed by atoms with Crippen LogP contribution in [-0.4, -0.2) is 82.8 Å². The lowest BCUT2D eigenvalue weighted by Gasteiger charge is -2.36. The molecule has 3 atom stereocenters. The maximum absolute atomic E-state index is 14.1. The molecule has 1 aliphatic rings. The molecule has 0 spiro atoms.